The standard InChI is InChI=1S/C8H13NO3/c10-7(11)8-4-9-3-6(8)1-2-12-5-8/h6,9H,1-5H2,(H,10,11). The molecule has 0 amide bonds. The maximum atomic E-state index is 11.0. The summed E-state index contributed by atoms with van der Waals surface area (Å²) >= 11 is 0. The first kappa shape index (κ1) is 8.01. The van der Waals surface area contributed by atoms with E-state index in [2.05, 4.69) is 5.32 Å². The Balaban J connectivity index is 2.23. The number of rotatable bonds is 1. The normalized spacial score (nSPS) is 40.8. The molecular weight excluding hydrogens is 158 g/mol. The molecule has 0 aromatic rings. The molecule has 0 aliphatic carbocycles. The van der Waals surface area contributed by atoms with Crippen LogP contribution in [0.5, 0.6) is 0 Å². The van der Waals surface area contributed by atoms with E-state index < -0.39 is 11.4 Å². The van der Waals surface area contributed by atoms with Crippen LogP contribution in [0.15, 0.2) is 0 Å². The van der Waals surface area contributed by atoms with E-state index in [4.69, 9.17) is 9.84 Å². The highest BCUT2D eigenvalue weighted by Gasteiger charge is 2.51. The fraction of sp³-hybridized carbons (Fsp3) is 0.875. The topological polar surface area (TPSA) is 58.6 Å². The zero-order valence-corrected chi connectivity index (χ0v) is 6.88. The summed E-state index contributed by atoms with van der Waals surface area (Å²) in [6.45, 7) is 2.48. The van der Waals surface area contributed by atoms with Crippen molar-refractivity contribution in [2.45, 2.75) is 6.42 Å². The van der Waals surface area contributed by atoms with Crippen LogP contribution in [-0.4, -0.2) is 37.4 Å². The Morgan fingerprint density at radius 1 is 1.67 bits per heavy atom. The molecule has 2 saturated heterocycles. The van der Waals surface area contributed by atoms with Crippen molar-refractivity contribution in [3.8, 4) is 0 Å². The van der Waals surface area contributed by atoms with Gasteiger partial charge in [-0.2, -0.15) is 0 Å². The molecule has 2 aliphatic heterocycles. The average Bonchev–Trinajstić information content (AvgIpc) is 2.48. The molecule has 0 saturated carbocycles. The summed E-state index contributed by atoms with van der Waals surface area (Å²) in [7, 11) is 0. The number of carboxylic acids is 1. The van der Waals surface area contributed by atoms with Gasteiger partial charge >= 0.3 is 5.97 Å². The third-order valence-electron chi connectivity index (χ3n) is 3.01. The number of carboxylic acid groups (broad SMARTS) is 1. The molecule has 2 heterocycles. The smallest absolute Gasteiger partial charge is 0.313 e. The second-order valence-electron chi connectivity index (χ2n) is 3.63. The van der Waals surface area contributed by atoms with Crippen molar-refractivity contribution in [3.05, 3.63) is 0 Å². The van der Waals surface area contributed by atoms with E-state index in [9.17, 15) is 4.79 Å². The van der Waals surface area contributed by atoms with Crippen LogP contribution in [0, 0.1) is 11.3 Å². The Morgan fingerprint density at radius 3 is 3.17 bits per heavy atom. The van der Waals surface area contributed by atoms with Crippen LogP contribution in [0.4, 0.5) is 0 Å². The molecule has 2 rings (SSSR count). The fourth-order valence-electron chi connectivity index (χ4n) is 2.15. The molecule has 2 N–H and O–H groups in total. The quantitative estimate of drug-likeness (QED) is 0.568. The molecule has 12 heavy (non-hydrogen) atoms. The van der Waals surface area contributed by atoms with Crippen LogP contribution in [0.1, 0.15) is 6.42 Å². The third-order valence-corrected chi connectivity index (χ3v) is 3.01. The van der Waals surface area contributed by atoms with Crippen LogP contribution < -0.4 is 5.32 Å². The highest BCUT2D eigenvalue weighted by atomic mass is 16.5. The maximum absolute atomic E-state index is 11.0. The van der Waals surface area contributed by atoms with Gasteiger partial charge in [-0.25, -0.2) is 0 Å². The van der Waals surface area contributed by atoms with Crippen LogP contribution >= 0.6 is 0 Å². The zero-order valence-electron chi connectivity index (χ0n) is 6.88. The summed E-state index contributed by atoms with van der Waals surface area (Å²) in [4.78, 5) is 11.0. The van der Waals surface area contributed by atoms with E-state index in [1.165, 1.54) is 0 Å². The van der Waals surface area contributed by atoms with E-state index in [0.717, 1.165) is 13.0 Å². The lowest BCUT2D eigenvalue weighted by Gasteiger charge is -2.34. The van der Waals surface area contributed by atoms with Crippen molar-refractivity contribution in [2.24, 2.45) is 11.3 Å². The molecule has 0 aromatic carbocycles. The van der Waals surface area contributed by atoms with Gasteiger partial charge in [0.1, 0.15) is 5.41 Å². The zero-order chi connectivity index (χ0) is 8.60. The van der Waals surface area contributed by atoms with Crippen molar-refractivity contribution >= 4 is 5.97 Å². The minimum atomic E-state index is -0.711. The number of hydrogen-bond acceptors (Lipinski definition) is 3. The maximum Gasteiger partial charge on any atom is 0.313 e. The molecule has 2 fully saturated rings. The fourth-order valence-corrected chi connectivity index (χ4v) is 2.15. The lowest BCUT2D eigenvalue weighted by atomic mass is 9.76. The van der Waals surface area contributed by atoms with Gasteiger partial charge in [0.05, 0.1) is 6.61 Å². The molecule has 0 radical (unpaired) electrons. The molecule has 0 spiro atoms. The number of ether oxygens (including phenoxy) is 1. The number of carbonyl (C=O) groups is 1. The Kier molecular flexibility index (Phi) is 1.81. The van der Waals surface area contributed by atoms with E-state index in [1.54, 1.807) is 0 Å². The molecule has 0 aromatic heterocycles. The largest absolute Gasteiger partial charge is 0.481 e. The van der Waals surface area contributed by atoms with Gasteiger partial charge in [0.15, 0.2) is 0 Å². The number of fused-ring (bicyclic) bond motifs is 1. The van der Waals surface area contributed by atoms with Gasteiger partial charge in [-0.1, -0.05) is 0 Å². The van der Waals surface area contributed by atoms with Crippen LogP contribution in [-0.2, 0) is 9.53 Å². The molecule has 0 bridgehead atoms. The number of aliphatic carboxylic acids is 1. The first-order valence-electron chi connectivity index (χ1n) is 4.27. The monoisotopic (exact) mass is 171 g/mol. The van der Waals surface area contributed by atoms with Gasteiger partial charge in [0, 0.05) is 13.2 Å². The Bertz CT molecular complexity index is 206. The second kappa shape index (κ2) is 2.71. The predicted molar refractivity (Wildman–Crippen MR) is 41.9 cm³/mol. The van der Waals surface area contributed by atoms with Crippen molar-refractivity contribution in [3.63, 3.8) is 0 Å². The number of nitrogens with one attached hydrogen (secondary N) is 1. The molecular formula is C8H13NO3. The molecule has 68 valence electrons. The van der Waals surface area contributed by atoms with Crippen molar-refractivity contribution in [1.82, 2.24) is 5.32 Å². The molecule has 4 nitrogen and oxygen atoms in total. The first-order chi connectivity index (χ1) is 5.76. The summed E-state index contributed by atoms with van der Waals surface area (Å²) < 4.78 is 5.23. The molecule has 2 aliphatic rings. The summed E-state index contributed by atoms with van der Waals surface area (Å²) in [6.07, 6.45) is 0.874. The van der Waals surface area contributed by atoms with Gasteiger partial charge in [-0.3, -0.25) is 4.79 Å². The van der Waals surface area contributed by atoms with Crippen LogP contribution in [0.2, 0.25) is 0 Å². The highest BCUT2D eigenvalue weighted by Crippen LogP contribution is 2.37. The number of hydrogen-bond donors (Lipinski definition) is 2. The Labute approximate surface area is 70.9 Å². The van der Waals surface area contributed by atoms with Gasteiger partial charge < -0.3 is 15.2 Å². The second-order valence-corrected chi connectivity index (χ2v) is 3.63. The van der Waals surface area contributed by atoms with E-state index in [1.807, 2.05) is 0 Å². The average molecular weight is 171 g/mol. The van der Waals surface area contributed by atoms with Crippen molar-refractivity contribution in [2.75, 3.05) is 26.3 Å². The summed E-state index contributed by atoms with van der Waals surface area (Å²) in [6, 6.07) is 0. The van der Waals surface area contributed by atoms with Crippen molar-refractivity contribution in [1.29, 1.82) is 0 Å². The van der Waals surface area contributed by atoms with Gasteiger partial charge in [-0.15, -0.1) is 0 Å². The van der Waals surface area contributed by atoms with Gasteiger partial charge in [-0.05, 0) is 18.9 Å². The van der Waals surface area contributed by atoms with Crippen molar-refractivity contribution < 1.29 is 14.6 Å². The summed E-state index contributed by atoms with van der Waals surface area (Å²) in [5.74, 6) is -0.444. The Morgan fingerprint density at radius 2 is 2.50 bits per heavy atom. The third kappa shape index (κ3) is 0.949. The van der Waals surface area contributed by atoms with E-state index in [-0.39, 0.29) is 5.92 Å². The molecule has 4 heteroatoms. The lowest BCUT2D eigenvalue weighted by Crippen LogP contribution is -2.46. The minimum Gasteiger partial charge on any atom is -0.481 e. The highest BCUT2D eigenvalue weighted by molar-refractivity contribution is 5.76. The molecule has 2 unspecified atom stereocenters. The predicted octanol–water partition coefficient (Wildman–Crippen LogP) is -0.303. The lowest BCUT2D eigenvalue weighted by molar-refractivity contribution is -0.159. The van der Waals surface area contributed by atoms with Gasteiger partial charge in [0.2, 0.25) is 0 Å². The summed E-state index contributed by atoms with van der Waals surface area (Å²) in [5.41, 5.74) is -0.627. The molecule has 2 atom stereocenters. The van der Waals surface area contributed by atoms with Crippen LogP contribution in [0.3, 0.4) is 0 Å². The van der Waals surface area contributed by atoms with E-state index in [0.29, 0.717) is 19.8 Å². The van der Waals surface area contributed by atoms with E-state index >= 15 is 0 Å². The SMILES string of the molecule is O=C(O)C12CNCC1CCOC2. The Hall–Kier alpha value is -0.610. The summed E-state index contributed by atoms with van der Waals surface area (Å²) in [5, 5.41) is 12.2. The van der Waals surface area contributed by atoms with Crippen LogP contribution in [0.25, 0.3) is 0 Å². The first-order valence-corrected chi connectivity index (χ1v) is 4.27. The minimum absolute atomic E-state index is 0.267. The van der Waals surface area contributed by atoms with Gasteiger partial charge in [0.25, 0.3) is 0 Å².